The van der Waals surface area contributed by atoms with Crippen molar-refractivity contribution in [2.75, 3.05) is 59.7 Å². The van der Waals surface area contributed by atoms with Crippen LogP contribution in [0, 0.1) is 0 Å². The third-order valence-electron chi connectivity index (χ3n) is 6.17. The number of ether oxygens (including phenoxy) is 2. The Labute approximate surface area is 220 Å². The van der Waals surface area contributed by atoms with Crippen LogP contribution in [0.5, 0.6) is 5.75 Å². The molecule has 38 heavy (non-hydrogen) atoms. The first-order valence-electron chi connectivity index (χ1n) is 12.4. The topological polar surface area (TPSA) is 108 Å². The Balaban J connectivity index is 1.63. The zero-order valence-corrected chi connectivity index (χ0v) is 21.3. The number of morpholine rings is 1. The molecule has 206 valence electrons. The fourth-order valence-electron chi connectivity index (χ4n) is 4.16. The van der Waals surface area contributed by atoms with Crippen LogP contribution >= 0.6 is 0 Å². The number of hydrogen-bond acceptors (Lipinski definition) is 7. The number of rotatable bonds is 13. The number of alkyl halides is 2. The number of aliphatic hydroxyl groups excluding tert-OH is 1. The fourth-order valence-corrected chi connectivity index (χ4v) is 4.16. The van der Waals surface area contributed by atoms with Gasteiger partial charge in [-0.25, -0.2) is 8.78 Å². The number of nitrogens with one attached hydrogen (secondary N) is 1. The molecule has 0 saturated carbocycles. The summed E-state index contributed by atoms with van der Waals surface area (Å²) >= 11 is 0. The molecule has 1 aliphatic rings. The molecule has 1 heterocycles. The number of halogens is 2. The molecule has 2 aromatic rings. The Morgan fingerprint density at radius 2 is 1.66 bits per heavy atom. The lowest BCUT2D eigenvalue weighted by molar-refractivity contribution is -0.136. The van der Waals surface area contributed by atoms with Crippen LogP contribution in [-0.4, -0.2) is 105 Å². The maximum atomic E-state index is 13.2. The van der Waals surface area contributed by atoms with Crippen LogP contribution in [-0.2, 0) is 14.3 Å². The van der Waals surface area contributed by atoms with Gasteiger partial charge in [0.15, 0.2) is 11.8 Å². The van der Waals surface area contributed by atoms with E-state index in [1.54, 1.807) is 12.1 Å². The lowest BCUT2D eigenvalue weighted by atomic mass is 10.0. The van der Waals surface area contributed by atoms with Gasteiger partial charge in [-0.3, -0.25) is 19.3 Å². The number of carbonyl (C=O) groups is 3. The summed E-state index contributed by atoms with van der Waals surface area (Å²) in [5.74, 6) is -2.21. The minimum absolute atomic E-state index is 0.0225. The van der Waals surface area contributed by atoms with Gasteiger partial charge >= 0.3 is 0 Å². The molecule has 0 spiro atoms. The van der Waals surface area contributed by atoms with Crippen molar-refractivity contribution in [3.05, 3.63) is 54.1 Å². The Kier molecular flexibility index (Phi) is 11.1. The number of aliphatic hydroxyl groups is 1. The third kappa shape index (κ3) is 8.04. The van der Waals surface area contributed by atoms with E-state index in [0.29, 0.717) is 11.5 Å². The SMILES string of the molecule is CNC(=O)C(C(=O)CO)N(CC(F)F)C(=O)c1ccc(-c2ccc(OCCCN3CCOCC3)cc2)cc1. The van der Waals surface area contributed by atoms with Gasteiger partial charge in [0.25, 0.3) is 12.3 Å². The highest BCUT2D eigenvalue weighted by Crippen LogP contribution is 2.24. The molecule has 2 N–H and O–H groups in total. The van der Waals surface area contributed by atoms with Crippen LogP contribution in [0.25, 0.3) is 11.1 Å². The first-order chi connectivity index (χ1) is 18.3. The number of benzene rings is 2. The lowest BCUT2D eigenvalue weighted by Crippen LogP contribution is -2.55. The van der Waals surface area contributed by atoms with Gasteiger partial charge in [0, 0.05) is 32.2 Å². The van der Waals surface area contributed by atoms with Gasteiger partial charge in [-0.15, -0.1) is 0 Å². The number of likely N-dealkylation sites (N-methyl/N-ethyl adjacent to an activating group) is 1. The smallest absolute Gasteiger partial charge is 0.255 e. The van der Waals surface area contributed by atoms with Crippen molar-refractivity contribution in [1.82, 2.24) is 15.1 Å². The summed E-state index contributed by atoms with van der Waals surface area (Å²) in [5.41, 5.74) is 1.65. The minimum atomic E-state index is -2.99. The first kappa shape index (κ1) is 29.2. The molecule has 1 unspecified atom stereocenters. The zero-order chi connectivity index (χ0) is 27.5. The summed E-state index contributed by atoms with van der Waals surface area (Å²) in [6.07, 6.45) is -2.08. The molecule has 0 radical (unpaired) electrons. The third-order valence-corrected chi connectivity index (χ3v) is 6.17. The molecule has 1 saturated heterocycles. The van der Waals surface area contributed by atoms with Gasteiger partial charge in [-0.2, -0.15) is 0 Å². The second kappa shape index (κ2) is 14.5. The number of nitrogens with zero attached hydrogens (tertiary/aromatic N) is 2. The van der Waals surface area contributed by atoms with Crippen molar-refractivity contribution in [2.24, 2.45) is 0 Å². The minimum Gasteiger partial charge on any atom is -0.494 e. The molecule has 0 aliphatic carbocycles. The Morgan fingerprint density at radius 1 is 1.05 bits per heavy atom. The van der Waals surface area contributed by atoms with Crippen molar-refractivity contribution in [3.8, 4) is 16.9 Å². The Bertz CT molecular complexity index is 1040. The van der Waals surface area contributed by atoms with Gasteiger partial charge in [0.05, 0.1) is 26.4 Å². The van der Waals surface area contributed by atoms with Gasteiger partial charge in [-0.05, 0) is 41.8 Å². The van der Waals surface area contributed by atoms with E-state index in [1.165, 1.54) is 19.2 Å². The van der Waals surface area contributed by atoms with Crippen LogP contribution < -0.4 is 10.1 Å². The van der Waals surface area contributed by atoms with Crippen molar-refractivity contribution in [3.63, 3.8) is 0 Å². The summed E-state index contributed by atoms with van der Waals surface area (Å²) in [6, 6.07) is 11.8. The second-order valence-electron chi connectivity index (χ2n) is 8.75. The molecule has 9 nitrogen and oxygen atoms in total. The van der Waals surface area contributed by atoms with Crippen molar-refractivity contribution < 1.29 is 37.7 Å². The Hall–Kier alpha value is -3.41. The summed E-state index contributed by atoms with van der Waals surface area (Å²) < 4.78 is 37.7. The summed E-state index contributed by atoms with van der Waals surface area (Å²) in [5, 5.41) is 11.4. The lowest BCUT2D eigenvalue weighted by Gasteiger charge is -2.29. The van der Waals surface area contributed by atoms with Gasteiger partial charge < -0.3 is 24.8 Å². The number of ketones is 1. The maximum absolute atomic E-state index is 13.2. The second-order valence-corrected chi connectivity index (χ2v) is 8.75. The largest absolute Gasteiger partial charge is 0.494 e. The molecule has 1 fully saturated rings. The highest BCUT2D eigenvalue weighted by atomic mass is 19.3. The number of Topliss-reactive ketones (excluding diaryl/α,β-unsaturated/α-hetero) is 1. The van der Waals surface area contributed by atoms with Crippen molar-refractivity contribution in [2.45, 2.75) is 18.9 Å². The van der Waals surface area contributed by atoms with Crippen LogP contribution in [0.3, 0.4) is 0 Å². The van der Waals surface area contributed by atoms with E-state index in [1.807, 2.05) is 24.3 Å². The van der Waals surface area contributed by atoms with E-state index in [2.05, 4.69) is 10.2 Å². The molecule has 2 aromatic carbocycles. The molecule has 1 atom stereocenters. The van der Waals surface area contributed by atoms with Crippen molar-refractivity contribution in [1.29, 1.82) is 0 Å². The van der Waals surface area contributed by atoms with E-state index >= 15 is 0 Å². The maximum Gasteiger partial charge on any atom is 0.255 e. The van der Waals surface area contributed by atoms with E-state index in [0.717, 1.165) is 56.1 Å². The van der Waals surface area contributed by atoms with E-state index in [9.17, 15) is 28.3 Å². The highest BCUT2D eigenvalue weighted by molar-refractivity contribution is 6.10. The number of amides is 2. The molecular formula is C27H33F2N3O6. The molecular weight excluding hydrogens is 500 g/mol. The van der Waals surface area contributed by atoms with Crippen LogP contribution in [0.2, 0.25) is 0 Å². The molecule has 0 aromatic heterocycles. The molecule has 11 heteroatoms. The van der Waals surface area contributed by atoms with Crippen LogP contribution in [0.4, 0.5) is 8.78 Å². The van der Waals surface area contributed by atoms with Crippen LogP contribution in [0.1, 0.15) is 16.8 Å². The molecule has 0 bridgehead atoms. The first-order valence-corrected chi connectivity index (χ1v) is 12.4. The summed E-state index contributed by atoms with van der Waals surface area (Å²) in [6.45, 7) is 2.77. The van der Waals surface area contributed by atoms with Crippen LogP contribution in [0.15, 0.2) is 48.5 Å². The monoisotopic (exact) mass is 533 g/mol. The molecule has 2 amide bonds. The molecule has 3 rings (SSSR count). The average molecular weight is 534 g/mol. The van der Waals surface area contributed by atoms with E-state index in [-0.39, 0.29) is 5.56 Å². The van der Waals surface area contributed by atoms with E-state index in [4.69, 9.17) is 9.47 Å². The molecule has 1 aliphatic heterocycles. The normalized spacial score (nSPS) is 14.7. The van der Waals surface area contributed by atoms with Gasteiger partial charge in [-0.1, -0.05) is 24.3 Å². The van der Waals surface area contributed by atoms with E-state index < -0.39 is 43.2 Å². The zero-order valence-electron chi connectivity index (χ0n) is 21.3. The standard InChI is InChI=1S/C27H33F2N3O6/c1-30-26(35)25(23(34)18-33)32(17-24(28)29)27(36)21-5-3-19(4-6-21)20-7-9-22(10-8-20)38-14-2-11-31-12-15-37-16-13-31/h3-10,24-25,33H,2,11-18H2,1H3,(H,30,35). The highest BCUT2D eigenvalue weighted by Gasteiger charge is 2.36. The van der Waals surface area contributed by atoms with Crippen molar-refractivity contribution >= 4 is 17.6 Å². The van der Waals surface area contributed by atoms with Gasteiger partial charge in [0.2, 0.25) is 5.91 Å². The average Bonchev–Trinajstić information content (AvgIpc) is 2.95. The number of carbonyl (C=O) groups excluding carboxylic acids is 3. The predicted molar refractivity (Wildman–Crippen MR) is 136 cm³/mol. The number of hydrogen-bond donors (Lipinski definition) is 2. The quantitative estimate of drug-likeness (QED) is 0.299. The fraction of sp³-hybridized carbons (Fsp3) is 0.444. The summed E-state index contributed by atoms with van der Waals surface area (Å²) in [4.78, 5) is 40.2. The Morgan fingerprint density at radius 3 is 2.21 bits per heavy atom. The summed E-state index contributed by atoms with van der Waals surface area (Å²) in [7, 11) is 1.21. The van der Waals surface area contributed by atoms with Gasteiger partial charge in [0.1, 0.15) is 12.4 Å². The predicted octanol–water partition coefficient (Wildman–Crippen LogP) is 1.84.